The molecule has 0 aromatic carbocycles. The van der Waals surface area contributed by atoms with E-state index < -0.39 is 5.51 Å². The number of halogens is 3. The van der Waals surface area contributed by atoms with Crippen molar-refractivity contribution in [1.82, 2.24) is 4.90 Å². The lowest BCUT2D eigenvalue weighted by Gasteiger charge is -2.17. The van der Waals surface area contributed by atoms with Gasteiger partial charge in [0, 0.05) is 18.8 Å². The van der Waals surface area contributed by atoms with Gasteiger partial charge in [-0.25, -0.2) is 0 Å². The van der Waals surface area contributed by atoms with Gasteiger partial charge in [-0.1, -0.05) is 0 Å². The Morgan fingerprint density at radius 3 is 2.67 bits per heavy atom. The quantitative estimate of drug-likeness (QED) is 0.816. The highest BCUT2D eigenvalue weighted by Gasteiger charge is 2.29. The number of thioether (sulfide) groups is 1. The van der Waals surface area contributed by atoms with Crippen molar-refractivity contribution in [3.8, 4) is 0 Å². The van der Waals surface area contributed by atoms with E-state index in [-0.39, 0.29) is 29.5 Å². The van der Waals surface area contributed by atoms with Gasteiger partial charge in [0.05, 0.1) is 6.10 Å². The molecule has 1 N–H and O–H groups in total. The predicted molar refractivity (Wildman–Crippen MR) is 54.7 cm³/mol. The van der Waals surface area contributed by atoms with Crippen molar-refractivity contribution in [3.63, 3.8) is 0 Å². The van der Waals surface area contributed by atoms with E-state index in [4.69, 9.17) is 0 Å². The molecule has 2 unspecified atom stereocenters. The Labute approximate surface area is 91.8 Å². The Morgan fingerprint density at radius 2 is 2.20 bits per heavy atom. The zero-order valence-corrected chi connectivity index (χ0v) is 9.44. The summed E-state index contributed by atoms with van der Waals surface area (Å²) in [4.78, 5) is 1.98. The summed E-state index contributed by atoms with van der Waals surface area (Å²) in [6.45, 7) is 3.70. The van der Waals surface area contributed by atoms with Crippen LogP contribution in [0.1, 0.15) is 13.3 Å². The molecule has 0 bridgehead atoms. The normalized spacial score (nSPS) is 25.8. The van der Waals surface area contributed by atoms with E-state index in [1.54, 1.807) is 6.92 Å². The summed E-state index contributed by atoms with van der Waals surface area (Å²) in [5.74, 6) is 0.302. The highest BCUT2D eigenvalue weighted by Crippen LogP contribution is 2.30. The number of aliphatic hydroxyl groups is 1. The number of hydrogen-bond acceptors (Lipinski definition) is 3. The minimum Gasteiger partial charge on any atom is -0.393 e. The molecule has 15 heavy (non-hydrogen) atoms. The molecule has 1 aliphatic rings. The minimum absolute atomic E-state index is 0.0259. The van der Waals surface area contributed by atoms with Crippen LogP contribution in [-0.2, 0) is 0 Å². The van der Waals surface area contributed by atoms with Crippen molar-refractivity contribution in [2.75, 3.05) is 25.4 Å². The van der Waals surface area contributed by atoms with E-state index in [1.807, 2.05) is 4.90 Å². The van der Waals surface area contributed by atoms with Gasteiger partial charge in [0.1, 0.15) is 0 Å². The van der Waals surface area contributed by atoms with Crippen LogP contribution in [0.5, 0.6) is 0 Å². The number of aliphatic hydroxyl groups excluding tert-OH is 1. The van der Waals surface area contributed by atoms with Crippen LogP contribution in [0.15, 0.2) is 0 Å². The summed E-state index contributed by atoms with van der Waals surface area (Å²) in [6, 6.07) is 0. The molecule has 0 amide bonds. The van der Waals surface area contributed by atoms with Crippen molar-refractivity contribution in [1.29, 1.82) is 0 Å². The summed E-state index contributed by atoms with van der Waals surface area (Å²) in [5.41, 5.74) is -4.12. The second-order valence-electron chi connectivity index (χ2n) is 3.88. The molecule has 90 valence electrons. The van der Waals surface area contributed by atoms with E-state index in [2.05, 4.69) is 0 Å². The smallest absolute Gasteiger partial charge is 0.393 e. The Morgan fingerprint density at radius 1 is 1.53 bits per heavy atom. The third kappa shape index (κ3) is 5.08. The maximum Gasteiger partial charge on any atom is 0.441 e. The first-order chi connectivity index (χ1) is 6.88. The summed E-state index contributed by atoms with van der Waals surface area (Å²) in [7, 11) is 0. The third-order valence-electron chi connectivity index (χ3n) is 2.66. The van der Waals surface area contributed by atoms with Gasteiger partial charge >= 0.3 is 5.51 Å². The van der Waals surface area contributed by atoms with Crippen molar-refractivity contribution >= 4 is 11.8 Å². The van der Waals surface area contributed by atoms with Crippen LogP contribution < -0.4 is 0 Å². The molecular formula is C9H16F3NOS. The number of rotatable bonds is 4. The van der Waals surface area contributed by atoms with Gasteiger partial charge in [-0.15, -0.1) is 0 Å². The Hall–Kier alpha value is 0.0600. The molecular weight excluding hydrogens is 227 g/mol. The molecule has 2 atom stereocenters. The van der Waals surface area contributed by atoms with E-state index in [0.29, 0.717) is 6.54 Å². The topological polar surface area (TPSA) is 23.5 Å². The van der Waals surface area contributed by atoms with E-state index in [1.165, 1.54) is 0 Å². The first-order valence-corrected chi connectivity index (χ1v) is 5.98. The lowest BCUT2D eigenvalue weighted by Crippen LogP contribution is -2.26. The molecule has 1 saturated heterocycles. The van der Waals surface area contributed by atoms with Crippen molar-refractivity contribution < 1.29 is 18.3 Å². The van der Waals surface area contributed by atoms with Crippen LogP contribution >= 0.6 is 11.8 Å². The standard InChI is InChI=1S/C9H16F3NOS/c1-7(14)8-2-3-13(6-8)4-5-15-9(10,11)12/h7-8,14H,2-6H2,1H3. The largest absolute Gasteiger partial charge is 0.441 e. The lowest BCUT2D eigenvalue weighted by atomic mass is 10.0. The molecule has 0 radical (unpaired) electrons. The average molecular weight is 243 g/mol. The summed E-state index contributed by atoms with van der Waals surface area (Å²) >= 11 is 0.0259. The molecule has 0 saturated carbocycles. The zero-order valence-electron chi connectivity index (χ0n) is 8.63. The second kappa shape index (κ2) is 5.41. The van der Waals surface area contributed by atoms with Gasteiger partial charge in [0.2, 0.25) is 0 Å². The Bertz CT molecular complexity index is 198. The SMILES string of the molecule is CC(O)C1CCN(CCSC(F)(F)F)C1. The maximum atomic E-state index is 11.8. The number of likely N-dealkylation sites (tertiary alicyclic amines) is 1. The summed E-state index contributed by atoms with van der Waals surface area (Å²) in [6.07, 6.45) is 0.527. The zero-order chi connectivity index (χ0) is 11.5. The highest BCUT2D eigenvalue weighted by molar-refractivity contribution is 8.00. The predicted octanol–water partition coefficient (Wildman–Crippen LogP) is 1.94. The van der Waals surface area contributed by atoms with E-state index in [0.717, 1.165) is 19.5 Å². The van der Waals surface area contributed by atoms with Crippen LogP contribution in [-0.4, -0.2) is 47.0 Å². The molecule has 1 fully saturated rings. The highest BCUT2D eigenvalue weighted by atomic mass is 32.2. The average Bonchev–Trinajstić information content (AvgIpc) is 2.50. The molecule has 1 heterocycles. The van der Waals surface area contributed by atoms with Crippen molar-refractivity contribution in [3.05, 3.63) is 0 Å². The Kier molecular flexibility index (Phi) is 4.73. The van der Waals surface area contributed by atoms with E-state index >= 15 is 0 Å². The van der Waals surface area contributed by atoms with Gasteiger partial charge in [-0.3, -0.25) is 0 Å². The van der Waals surface area contributed by atoms with Gasteiger partial charge in [-0.2, -0.15) is 13.2 Å². The summed E-state index contributed by atoms with van der Waals surface area (Å²) < 4.78 is 35.5. The number of hydrogen-bond donors (Lipinski definition) is 1. The van der Waals surface area contributed by atoms with Gasteiger partial charge in [0.25, 0.3) is 0 Å². The first kappa shape index (κ1) is 13.1. The molecule has 0 spiro atoms. The number of nitrogens with zero attached hydrogens (tertiary/aromatic N) is 1. The molecule has 0 aromatic rings. The van der Waals surface area contributed by atoms with Crippen LogP contribution in [0.3, 0.4) is 0 Å². The van der Waals surface area contributed by atoms with Crippen LogP contribution in [0, 0.1) is 5.92 Å². The van der Waals surface area contributed by atoms with Crippen molar-refractivity contribution in [2.45, 2.75) is 25.0 Å². The van der Waals surface area contributed by atoms with Gasteiger partial charge < -0.3 is 10.0 Å². The molecule has 1 aliphatic heterocycles. The molecule has 0 aliphatic carbocycles. The van der Waals surface area contributed by atoms with Crippen LogP contribution in [0.25, 0.3) is 0 Å². The lowest BCUT2D eigenvalue weighted by molar-refractivity contribution is -0.0328. The van der Waals surface area contributed by atoms with Crippen LogP contribution in [0.4, 0.5) is 13.2 Å². The second-order valence-corrected chi connectivity index (χ2v) is 5.04. The maximum absolute atomic E-state index is 11.8. The molecule has 0 aromatic heterocycles. The fourth-order valence-electron chi connectivity index (χ4n) is 1.75. The number of alkyl halides is 3. The monoisotopic (exact) mass is 243 g/mol. The molecule has 6 heteroatoms. The first-order valence-electron chi connectivity index (χ1n) is 4.99. The van der Waals surface area contributed by atoms with Crippen LogP contribution in [0.2, 0.25) is 0 Å². The van der Waals surface area contributed by atoms with E-state index in [9.17, 15) is 18.3 Å². The fourth-order valence-corrected chi connectivity index (χ4v) is 2.33. The third-order valence-corrected chi connectivity index (χ3v) is 3.38. The molecule has 2 nitrogen and oxygen atoms in total. The van der Waals surface area contributed by atoms with Crippen molar-refractivity contribution in [2.24, 2.45) is 5.92 Å². The minimum atomic E-state index is -4.12. The van der Waals surface area contributed by atoms with Gasteiger partial charge in [0.15, 0.2) is 0 Å². The summed E-state index contributed by atoms with van der Waals surface area (Å²) in [5, 5.41) is 9.31. The molecule has 1 rings (SSSR count). The Balaban J connectivity index is 2.14. The fraction of sp³-hybridized carbons (Fsp3) is 1.00. The van der Waals surface area contributed by atoms with Gasteiger partial charge in [-0.05, 0) is 37.6 Å².